The summed E-state index contributed by atoms with van der Waals surface area (Å²) in [6, 6.07) is 9.38. The lowest BCUT2D eigenvalue weighted by atomic mass is 10.2. The highest BCUT2D eigenvalue weighted by Crippen LogP contribution is 2.27. The molecule has 0 amide bonds. The van der Waals surface area contributed by atoms with Gasteiger partial charge in [-0.15, -0.1) is 11.8 Å². The van der Waals surface area contributed by atoms with Gasteiger partial charge in [0.1, 0.15) is 5.82 Å². The fourth-order valence-electron chi connectivity index (χ4n) is 1.46. The van der Waals surface area contributed by atoms with E-state index in [2.05, 4.69) is 21.4 Å². The summed E-state index contributed by atoms with van der Waals surface area (Å²) in [5.41, 5.74) is 1.54. The molecule has 0 aliphatic carbocycles. The summed E-state index contributed by atoms with van der Waals surface area (Å²) in [6.45, 7) is 0. The normalized spacial score (nSPS) is 9.95. The van der Waals surface area contributed by atoms with Crippen LogP contribution < -0.4 is 5.32 Å². The summed E-state index contributed by atoms with van der Waals surface area (Å²) in [4.78, 5) is 9.69. The number of nitriles is 1. The molecule has 6 heteroatoms. The largest absolute Gasteiger partial charge is 0.339 e. The predicted octanol–water partition coefficient (Wildman–Crippen LogP) is 3.54. The second-order valence-corrected chi connectivity index (χ2v) is 5.21. The highest BCUT2D eigenvalue weighted by atomic mass is 32.2. The van der Waals surface area contributed by atoms with Gasteiger partial charge < -0.3 is 5.32 Å². The zero-order valence-corrected chi connectivity index (χ0v) is 12.2. The van der Waals surface area contributed by atoms with Crippen LogP contribution in [0, 0.1) is 11.3 Å². The molecule has 1 aromatic heterocycles. The molecule has 1 aromatic carbocycles. The smallest absolute Gasteiger partial charge is 0.189 e. The highest BCUT2D eigenvalue weighted by Gasteiger charge is 2.06. The third-order valence-electron chi connectivity index (χ3n) is 2.41. The molecule has 0 aliphatic rings. The van der Waals surface area contributed by atoms with Gasteiger partial charge in [0.15, 0.2) is 5.16 Å². The van der Waals surface area contributed by atoms with Gasteiger partial charge in [-0.05, 0) is 36.8 Å². The third kappa shape index (κ3) is 3.40. The molecule has 0 aliphatic heterocycles. The Morgan fingerprint density at radius 2 is 1.89 bits per heavy atom. The van der Waals surface area contributed by atoms with E-state index in [1.54, 1.807) is 23.9 Å². The summed E-state index contributed by atoms with van der Waals surface area (Å²) in [5, 5.41) is 12.8. The molecule has 2 rings (SSSR count). The first kappa shape index (κ1) is 13.7. The number of hydrogen-bond acceptors (Lipinski definition) is 6. The summed E-state index contributed by atoms with van der Waals surface area (Å²) < 4.78 is 0. The number of benzene rings is 1. The number of nitrogens with one attached hydrogen (secondary N) is 1. The fourth-order valence-corrected chi connectivity index (χ4v) is 2.25. The Kier molecular flexibility index (Phi) is 4.66. The van der Waals surface area contributed by atoms with E-state index in [0.29, 0.717) is 5.56 Å². The molecule has 1 heterocycles. The number of anilines is 2. The van der Waals surface area contributed by atoms with Crippen molar-refractivity contribution in [1.29, 1.82) is 5.26 Å². The van der Waals surface area contributed by atoms with E-state index in [-0.39, 0.29) is 0 Å². The number of aromatic nitrogens is 2. The average Bonchev–Trinajstić information content (AvgIpc) is 2.48. The molecule has 1 N–H and O–H groups in total. The molecule has 19 heavy (non-hydrogen) atoms. The van der Waals surface area contributed by atoms with Gasteiger partial charge in [0.2, 0.25) is 0 Å². The van der Waals surface area contributed by atoms with Crippen LogP contribution >= 0.6 is 23.5 Å². The molecule has 0 bridgehead atoms. The van der Waals surface area contributed by atoms with Crippen LogP contribution in [0.3, 0.4) is 0 Å². The zero-order valence-electron chi connectivity index (χ0n) is 10.5. The van der Waals surface area contributed by atoms with Gasteiger partial charge in [-0.3, -0.25) is 0 Å². The van der Waals surface area contributed by atoms with Crippen molar-refractivity contribution in [3.8, 4) is 6.07 Å². The SMILES string of the molecule is CSc1ncc(SC)c(Nc2ccc(C#N)cc2)n1. The van der Waals surface area contributed by atoms with Crippen LogP contribution in [-0.4, -0.2) is 22.5 Å². The Morgan fingerprint density at radius 1 is 1.16 bits per heavy atom. The van der Waals surface area contributed by atoms with E-state index in [4.69, 9.17) is 5.26 Å². The lowest BCUT2D eigenvalue weighted by Gasteiger charge is -2.10. The molecule has 2 aromatic rings. The van der Waals surface area contributed by atoms with E-state index in [1.807, 2.05) is 30.8 Å². The summed E-state index contributed by atoms with van der Waals surface area (Å²) in [5.74, 6) is 0.788. The molecule has 0 saturated carbocycles. The van der Waals surface area contributed by atoms with Crippen LogP contribution in [0.1, 0.15) is 5.56 Å². The minimum atomic E-state index is 0.642. The third-order valence-corrected chi connectivity index (χ3v) is 3.71. The van der Waals surface area contributed by atoms with Crippen LogP contribution in [0.2, 0.25) is 0 Å². The Morgan fingerprint density at radius 3 is 2.47 bits per heavy atom. The van der Waals surface area contributed by atoms with Crippen molar-refractivity contribution in [1.82, 2.24) is 9.97 Å². The lowest BCUT2D eigenvalue weighted by molar-refractivity contribution is 0.941. The van der Waals surface area contributed by atoms with Gasteiger partial charge in [0.05, 0.1) is 16.5 Å². The van der Waals surface area contributed by atoms with Gasteiger partial charge in [0.25, 0.3) is 0 Å². The Bertz CT molecular complexity index is 605. The molecule has 0 unspecified atom stereocenters. The second kappa shape index (κ2) is 6.45. The van der Waals surface area contributed by atoms with Crippen LogP contribution in [0.15, 0.2) is 40.5 Å². The van der Waals surface area contributed by atoms with E-state index in [9.17, 15) is 0 Å². The predicted molar refractivity (Wildman–Crippen MR) is 80.0 cm³/mol. The quantitative estimate of drug-likeness (QED) is 0.686. The van der Waals surface area contributed by atoms with Gasteiger partial charge >= 0.3 is 0 Å². The molecule has 4 nitrogen and oxygen atoms in total. The van der Waals surface area contributed by atoms with Crippen molar-refractivity contribution in [2.45, 2.75) is 10.1 Å². The number of nitrogens with zero attached hydrogens (tertiary/aromatic N) is 3. The van der Waals surface area contributed by atoms with Crippen molar-refractivity contribution in [3.05, 3.63) is 36.0 Å². The molecular weight excluding hydrogens is 276 g/mol. The first-order valence-electron chi connectivity index (χ1n) is 5.49. The summed E-state index contributed by atoms with van der Waals surface area (Å²) in [7, 11) is 0. The topological polar surface area (TPSA) is 61.6 Å². The maximum atomic E-state index is 8.77. The minimum Gasteiger partial charge on any atom is -0.339 e. The van der Waals surface area contributed by atoms with E-state index >= 15 is 0 Å². The zero-order chi connectivity index (χ0) is 13.7. The van der Waals surface area contributed by atoms with E-state index < -0.39 is 0 Å². The lowest BCUT2D eigenvalue weighted by Crippen LogP contribution is -1.98. The van der Waals surface area contributed by atoms with Gasteiger partial charge in [-0.1, -0.05) is 11.8 Å². The van der Waals surface area contributed by atoms with E-state index in [0.717, 1.165) is 21.6 Å². The van der Waals surface area contributed by atoms with Crippen molar-refractivity contribution in [3.63, 3.8) is 0 Å². The average molecular weight is 288 g/mol. The number of thioether (sulfide) groups is 2. The van der Waals surface area contributed by atoms with Gasteiger partial charge in [-0.25, -0.2) is 9.97 Å². The Labute approximate surface area is 120 Å². The van der Waals surface area contributed by atoms with Crippen molar-refractivity contribution in [2.75, 3.05) is 17.8 Å². The second-order valence-electron chi connectivity index (χ2n) is 3.59. The first-order valence-corrected chi connectivity index (χ1v) is 7.94. The molecule has 96 valence electrons. The van der Waals surface area contributed by atoms with Crippen molar-refractivity contribution < 1.29 is 0 Å². The standard InChI is InChI=1S/C13H12N4S2/c1-18-11-8-15-13(19-2)17-12(11)16-10-5-3-9(7-14)4-6-10/h3-6,8H,1-2H3,(H,15,16,17). The molecular formula is C13H12N4S2. The maximum absolute atomic E-state index is 8.77. The summed E-state index contributed by atoms with van der Waals surface area (Å²) >= 11 is 3.10. The monoisotopic (exact) mass is 288 g/mol. The maximum Gasteiger partial charge on any atom is 0.189 e. The van der Waals surface area contributed by atoms with Crippen molar-refractivity contribution >= 4 is 35.0 Å². The molecule has 0 fully saturated rings. The molecule has 0 saturated heterocycles. The van der Waals surface area contributed by atoms with Crippen molar-refractivity contribution in [2.24, 2.45) is 0 Å². The molecule has 0 spiro atoms. The Balaban J connectivity index is 2.28. The van der Waals surface area contributed by atoms with Crippen LogP contribution in [-0.2, 0) is 0 Å². The number of hydrogen-bond donors (Lipinski definition) is 1. The highest BCUT2D eigenvalue weighted by molar-refractivity contribution is 7.99. The van der Waals surface area contributed by atoms with Crippen LogP contribution in [0.5, 0.6) is 0 Å². The first-order chi connectivity index (χ1) is 9.26. The number of rotatable bonds is 4. The minimum absolute atomic E-state index is 0.642. The summed E-state index contributed by atoms with van der Waals surface area (Å²) in [6.07, 6.45) is 5.75. The Hall–Kier alpha value is -1.71. The molecule has 0 atom stereocenters. The van der Waals surface area contributed by atoms with Crippen LogP contribution in [0.4, 0.5) is 11.5 Å². The van der Waals surface area contributed by atoms with Crippen LogP contribution in [0.25, 0.3) is 0 Å². The van der Waals surface area contributed by atoms with Gasteiger partial charge in [0, 0.05) is 11.9 Å². The van der Waals surface area contributed by atoms with Gasteiger partial charge in [-0.2, -0.15) is 5.26 Å². The molecule has 0 radical (unpaired) electrons. The fraction of sp³-hybridized carbons (Fsp3) is 0.154. The van der Waals surface area contributed by atoms with E-state index in [1.165, 1.54) is 11.8 Å².